The Hall–Kier alpha value is -1.97. The number of hydrogen-bond acceptors (Lipinski definition) is 5. The van der Waals surface area contributed by atoms with Crippen LogP contribution in [0.5, 0.6) is 5.75 Å². The van der Waals surface area contributed by atoms with E-state index in [1.54, 1.807) is 0 Å². The molecule has 0 aromatic heterocycles. The number of nitrogens with one attached hydrogen (secondary N) is 1. The Kier molecular flexibility index (Phi) is 10.3. The molecule has 1 fully saturated rings. The smallest absolute Gasteiger partial charge is 0.387 e. The molecule has 0 spiro atoms. The Morgan fingerprint density at radius 1 is 1.28 bits per heavy atom. The number of amides is 1. The van der Waals surface area contributed by atoms with Crippen LogP contribution < -0.4 is 10.1 Å². The van der Waals surface area contributed by atoms with Crippen LogP contribution in [0.1, 0.15) is 26.7 Å². The lowest BCUT2D eigenvalue weighted by Gasteiger charge is -2.39. The maximum Gasteiger partial charge on any atom is 0.387 e. The molecule has 7 nitrogen and oxygen atoms in total. The molecular weight excluding hydrogens is 408 g/mol. The van der Waals surface area contributed by atoms with E-state index in [9.17, 15) is 18.4 Å². The van der Waals surface area contributed by atoms with Crippen molar-refractivity contribution in [3.63, 3.8) is 0 Å². The molecule has 2 N–H and O–H groups in total. The molecule has 0 saturated carbocycles. The summed E-state index contributed by atoms with van der Waals surface area (Å²) in [6.07, 6.45) is 1.61. The van der Waals surface area contributed by atoms with Gasteiger partial charge in [-0.2, -0.15) is 8.78 Å². The van der Waals surface area contributed by atoms with Crippen LogP contribution in [0, 0.1) is 0 Å². The lowest BCUT2D eigenvalue weighted by Crippen LogP contribution is -2.51. The van der Waals surface area contributed by atoms with Crippen LogP contribution >= 0.6 is 12.4 Å². The van der Waals surface area contributed by atoms with Crippen molar-refractivity contribution in [2.45, 2.75) is 45.4 Å². The van der Waals surface area contributed by atoms with Gasteiger partial charge in [0.15, 0.2) is 0 Å². The van der Waals surface area contributed by atoms with Crippen molar-refractivity contribution in [2.24, 2.45) is 0 Å². The molecule has 1 amide bonds. The third kappa shape index (κ3) is 7.75. The van der Waals surface area contributed by atoms with E-state index in [4.69, 9.17) is 5.11 Å². The van der Waals surface area contributed by atoms with Gasteiger partial charge in [-0.1, -0.05) is 6.92 Å². The lowest BCUT2D eigenvalue weighted by atomic mass is 10.0. The molecule has 1 atom stereocenters. The summed E-state index contributed by atoms with van der Waals surface area (Å²) in [4.78, 5) is 27.5. The standard InChI is InChI=1S/C19H27F2N3O4.ClH/c1-3-23(12-17(25)26)15-8-10-24(11-9-15)13(2)18(27)22-14-4-6-16(7-5-14)28-19(20)21;/h4-7,13,15,19H,3,8-12H2,1-2H3,(H,22,27)(H,25,26);1H. The highest BCUT2D eigenvalue weighted by atomic mass is 35.5. The summed E-state index contributed by atoms with van der Waals surface area (Å²) in [5, 5.41) is 11.8. The van der Waals surface area contributed by atoms with Gasteiger partial charge in [0, 0.05) is 24.8 Å². The van der Waals surface area contributed by atoms with E-state index in [1.165, 1.54) is 24.3 Å². The van der Waals surface area contributed by atoms with E-state index >= 15 is 0 Å². The third-order valence-corrected chi connectivity index (χ3v) is 5.03. The van der Waals surface area contributed by atoms with E-state index in [2.05, 4.69) is 15.0 Å². The first-order chi connectivity index (χ1) is 13.3. The van der Waals surface area contributed by atoms with Gasteiger partial charge in [-0.05, 0) is 50.6 Å². The molecule has 1 aliphatic heterocycles. The Bertz CT molecular complexity index is 655. The first-order valence-electron chi connectivity index (χ1n) is 9.35. The molecule has 0 radical (unpaired) electrons. The molecule has 1 aliphatic rings. The van der Waals surface area contributed by atoms with Gasteiger partial charge < -0.3 is 15.2 Å². The quantitative estimate of drug-likeness (QED) is 0.620. The largest absolute Gasteiger partial charge is 0.480 e. The number of carboxylic acids is 1. The predicted molar refractivity (Wildman–Crippen MR) is 108 cm³/mol. The zero-order valence-electron chi connectivity index (χ0n) is 16.5. The number of alkyl halides is 2. The van der Waals surface area contributed by atoms with Gasteiger partial charge in [0.1, 0.15) is 5.75 Å². The first-order valence-corrected chi connectivity index (χ1v) is 9.35. The molecule has 0 aliphatic carbocycles. The number of rotatable bonds is 9. The minimum absolute atomic E-state index is 0. The van der Waals surface area contributed by atoms with Crippen LogP contribution in [-0.2, 0) is 9.59 Å². The van der Waals surface area contributed by atoms with Crippen LogP contribution in [0.2, 0.25) is 0 Å². The van der Waals surface area contributed by atoms with Crippen molar-refractivity contribution in [3.05, 3.63) is 24.3 Å². The highest BCUT2D eigenvalue weighted by Crippen LogP contribution is 2.20. The van der Waals surface area contributed by atoms with Gasteiger partial charge in [0.25, 0.3) is 0 Å². The average molecular weight is 436 g/mol. The van der Waals surface area contributed by atoms with Gasteiger partial charge >= 0.3 is 12.6 Å². The van der Waals surface area contributed by atoms with Crippen molar-refractivity contribution < 1.29 is 28.2 Å². The number of carbonyl (C=O) groups is 2. The van der Waals surface area contributed by atoms with E-state index in [1.807, 2.05) is 18.7 Å². The zero-order chi connectivity index (χ0) is 20.7. The number of benzene rings is 1. The van der Waals surface area contributed by atoms with E-state index < -0.39 is 12.6 Å². The molecule has 2 rings (SSSR count). The molecular formula is C19H28ClF2N3O4. The molecule has 1 aromatic rings. The van der Waals surface area contributed by atoms with Gasteiger partial charge in [0.05, 0.1) is 12.6 Å². The minimum Gasteiger partial charge on any atom is -0.480 e. The Morgan fingerprint density at radius 2 is 1.86 bits per heavy atom. The summed E-state index contributed by atoms with van der Waals surface area (Å²) in [7, 11) is 0. The predicted octanol–water partition coefficient (Wildman–Crippen LogP) is 2.91. The zero-order valence-corrected chi connectivity index (χ0v) is 17.3. The Labute approximate surface area is 175 Å². The molecule has 1 saturated heterocycles. The lowest BCUT2D eigenvalue weighted by molar-refractivity contribution is -0.139. The van der Waals surface area contributed by atoms with Gasteiger partial charge in [-0.25, -0.2) is 0 Å². The number of halogens is 3. The fraction of sp³-hybridized carbons (Fsp3) is 0.579. The van der Waals surface area contributed by atoms with Gasteiger partial charge in [-0.15, -0.1) is 12.4 Å². The highest BCUT2D eigenvalue weighted by Gasteiger charge is 2.29. The van der Waals surface area contributed by atoms with Gasteiger partial charge in [0.2, 0.25) is 5.91 Å². The molecule has 1 heterocycles. The molecule has 10 heteroatoms. The van der Waals surface area contributed by atoms with Crippen LogP contribution in [0.3, 0.4) is 0 Å². The van der Waals surface area contributed by atoms with E-state index in [-0.39, 0.29) is 42.7 Å². The summed E-state index contributed by atoms with van der Waals surface area (Å²) < 4.78 is 28.6. The number of nitrogens with zero attached hydrogens (tertiary/aromatic N) is 2. The minimum atomic E-state index is -2.89. The summed E-state index contributed by atoms with van der Waals surface area (Å²) in [6, 6.07) is 5.63. The maximum atomic E-state index is 12.5. The summed E-state index contributed by atoms with van der Waals surface area (Å²) in [5.41, 5.74) is 0.506. The number of anilines is 1. The number of hydrogen-bond donors (Lipinski definition) is 2. The molecule has 164 valence electrons. The number of carbonyl (C=O) groups excluding carboxylic acids is 1. The number of aliphatic carboxylic acids is 1. The van der Waals surface area contributed by atoms with Crippen LogP contribution in [0.4, 0.5) is 14.5 Å². The third-order valence-electron chi connectivity index (χ3n) is 5.03. The number of likely N-dealkylation sites (N-methyl/N-ethyl adjacent to an activating group) is 1. The molecule has 1 unspecified atom stereocenters. The Morgan fingerprint density at radius 3 is 2.34 bits per heavy atom. The second-order valence-corrected chi connectivity index (χ2v) is 6.79. The summed E-state index contributed by atoms with van der Waals surface area (Å²) in [5.74, 6) is -0.981. The van der Waals surface area contributed by atoms with E-state index in [0.29, 0.717) is 25.3 Å². The number of likely N-dealkylation sites (tertiary alicyclic amines) is 1. The number of ether oxygens (including phenoxy) is 1. The van der Waals surface area contributed by atoms with Crippen molar-refractivity contribution in [1.82, 2.24) is 9.80 Å². The molecule has 29 heavy (non-hydrogen) atoms. The van der Waals surface area contributed by atoms with Gasteiger partial charge in [-0.3, -0.25) is 19.4 Å². The maximum absolute atomic E-state index is 12.5. The van der Waals surface area contributed by atoms with Crippen LogP contribution in [-0.4, -0.2) is 71.7 Å². The fourth-order valence-corrected chi connectivity index (χ4v) is 3.44. The molecule has 1 aromatic carbocycles. The second kappa shape index (κ2) is 11.9. The second-order valence-electron chi connectivity index (χ2n) is 6.79. The Balaban J connectivity index is 0.00000420. The highest BCUT2D eigenvalue weighted by molar-refractivity contribution is 5.94. The topological polar surface area (TPSA) is 82.1 Å². The van der Waals surface area contributed by atoms with Crippen LogP contribution in [0.25, 0.3) is 0 Å². The average Bonchev–Trinajstić information content (AvgIpc) is 2.66. The molecule has 0 bridgehead atoms. The number of carboxylic acid groups (broad SMARTS) is 1. The summed E-state index contributed by atoms with van der Waals surface area (Å²) >= 11 is 0. The normalized spacial score (nSPS) is 16.3. The van der Waals surface area contributed by atoms with Crippen molar-refractivity contribution in [1.29, 1.82) is 0 Å². The SMILES string of the molecule is CCN(CC(=O)O)C1CCN(C(C)C(=O)Nc2ccc(OC(F)F)cc2)CC1.Cl. The number of piperidine rings is 1. The van der Waals surface area contributed by atoms with Crippen molar-refractivity contribution in [3.8, 4) is 5.75 Å². The van der Waals surface area contributed by atoms with Crippen molar-refractivity contribution in [2.75, 3.05) is 31.5 Å². The monoisotopic (exact) mass is 435 g/mol. The van der Waals surface area contributed by atoms with E-state index in [0.717, 1.165) is 12.8 Å². The van der Waals surface area contributed by atoms with Crippen LogP contribution in [0.15, 0.2) is 24.3 Å². The van der Waals surface area contributed by atoms with Crippen molar-refractivity contribution >= 4 is 30.0 Å². The fourth-order valence-electron chi connectivity index (χ4n) is 3.44. The first kappa shape index (κ1) is 25.1. The summed E-state index contributed by atoms with van der Waals surface area (Å²) in [6.45, 7) is 3.00.